The third kappa shape index (κ3) is 3.57. The molecule has 0 radical (unpaired) electrons. The molecule has 1 unspecified atom stereocenters. The number of hydrogen-bond donors (Lipinski definition) is 3. The summed E-state index contributed by atoms with van der Waals surface area (Å²) in [4.78, 5) is 24.9. The first kappa shape index (κ1) is 15.4. The van der Waals surface area contributed by atoms with Crippen molar-refractivity contribution in [3.05, 3.63) is 28.2 Å². The first-order valence-electron chi connectivity index (χ1n) is 5.80. The predicted octanol–water partition coefficient (Wildman–Crippen LogP) is 1.33. The van der Waals surface area contributed by atoms with Gasteiger partial charge in [0.05, 0.1) is 18.2 Å². The predicted molar refractivity (Wildman–Crippen MR) is 62.0 cm³/mol. The van der Waals surface area contributed by atoms with Crippen LogP contribution in [0.4, 0.5) is 27.6 Å². The maximum atomic E-state index is 12.9. The van der Waals surface area contributed by atoms with Gasteiger partial charge in [-0.25, -0.2) is 8.78 Å². The number of amides is 1. The topological polar surface area (TPSA) is 74.0 Å². The van der Waals surface area contributed by atoms with Gasteiger partial charge in [0.2, 0.25) is 5.91 Å². The lowest BCUT2D eigenvalue weighted by atomic mass is 10.1. The van der Waals surface area contributed by atoms with Crippen LogP contribution in [0, 0.1) is 0 Å². The van der Waals surface area contributed by atoms with E-state index in [1.807, 2.05) is 10.3 Å². The van der Waals surface area contributed by atoms with Gasteiger partial charge in [-0.1, -0.05) is 0 Å². The lowest BCUT2D eigenvalue weighted by Gasteiger charge is -2.12. The summed E-state index contributed by atoms with van der Waals surface area (Å²) < 4.78 is 63.3. The van der Waals surface area contributed by atoms with Crippen LogP contribution in [0.5, 0.6) is 0 Å². The quantitative estimate of drug-likeness (QED) is 0.721. The van der Waals surface area contributed by atoms with Crippen LogP contribution in [0.15, 0.2) is 17.1 Å². The molecule has 1 amide bonds. The van der Waals surface area contributed by atoms with E-state index in [9.17, 15) is 31.5 Å². The minimum Gasteiger partial charge on any atom is -0.327 e. The third-order valence-electron chi connectivity index (χ3n) is 2.91. The second kappa shape index (κ2) is 5.10. The maximum absolute atomic E-state index is 12.9. The lowest BCUT2D eigenvalue weighted by molar-refractivity contribution is -0.137. The van der Waals surface area contributed by atoms with Crippen LogP contribution in [0.25, 0.3) is 0 Å². The zero-order chi connectivity index (χ0) is 15.8. The highest BCUT2D eigenvalue weighted by Crippen LogP contribution is 2.29. The second-order valence-corrected chi connectivity index (χ2v) is 4.61. The Kier molecular flexibility index (Phi) is 3.74. The number of pyridine rings is 1. The minimum atomic E-state index is -4.71. The number of aromatic nitrogens is 1. The molecule has 0 spiro atoms. The Morgan fingerprint density at radius 2 is 2.05 bits per heavy atom. The summed E-state index contributed by atoms with van der Waals surface area (Å²) in [6.45, 7) is -0.704. The molecule has 2 heterocycles. The van der Waals surface area contributed by atoms with E-state index in [2.05, 4.69) is 5.32 Å². The van der Waals surface area contributed by atoms with E-state index < -0.39 is 53.8 Å². The molecule has 2 rings (SSSR count). The zero-order valence-corrected chi connectivity index (χ0v) is 10.4. The van der Waals surface area contributed by atoms with Gasteiger partial charge in [-0.2, -0.15) is 13.2 Å². The Morgan fingerprint density at radius 1 is 1.38 bits per heavy atom. The number of carbonyl (C=O) groups excluding carboxylic acids is 1. The average Bonchev–Trinajstić information content (AvgIpc) is 2.71. The fourth-order valence-electron chi connectivity index (χ4n) is 1.86. The standard InChI is InChI=1S/C11H10F5N3O2/c12-10(13)2-7(18-4-10)9(21)19-6-1-5(11(14,15)16)3-17-8(6)20/h1,3,7,18H,2,4H2,(H,17,20)(H,19,21). The molecule has 1 aromatic rings. The molecule has 1 aliphatic heterocycles. The van der Waals surface area contributed by atoms with E-state index in [1.54, 1.807) is 0 Å². The third-order valence-corrected chi connectivity index (χ3v) is 2.91. The monoisotopic (exact) mass is 311 g/mol. The minimum absolute atomic E-state index is 0.448. The molecule has 1 fully saturated rings. The lowest BCUT2D eigenvalue weighted by Crippen LogP contribution is -2.37. The number of alkyl halides is 5. The van der Waals surface area contributed by atoms with Crippen molar-refractivity contribution in [1.29, 1.82) is 0 Å². The van der Waals surface area contributed by atoms with Gasteiger partial charge < -0.3 is 10.3 Å². The van der Waals surface area contributed by atoms with Crippen molar-refractivity contribution in [2.45, 2.75) is 24.6 Å². The van der Waals surface area contributed by atoms with Crippen LogP contribution in [0.1, 0.15) is 12.0 Å². The first-order valence-corrected chi connectivity index (χ1v) is 5.80. The molecule has 5 nitrogen and oxygen atoms in total. The molecule has 0 aromatic carbocycles. The van der Waals surface area contributed by atoms with E-state index in [4.69, 9.17) is 0 Å². The number of aromatic amines is 1. The molecule has 10 heteroatoms. The summed E-state index contributed by atoms with van der Waals surface area (Å²) in [7, 11) is 0. The number of nitrogens with one attached hydrogen (secondary N) is 3. The number of H-pyrrole nitrogens is 1. The van der Waals surface area contributed by atoms with Crippen LogP contribution in [0.3, 0.4) is 0 Å². The van der Waals surface area contributed by atoms with Gasteiger partial charge in [0.25, 0.3) is 11.5 Å². The molecule has 1 aliphatic rings. The van der Waals surface area contributed by atoms with Crippen LogP contribution < -0.4 is 16.2 Å². The van der Waals surface area contributed by atoms with Crippen molar-refractivity contribution >= 4 is 11.6 Å². The Balaban J connectivity index is 2.16. The van der Waals surface area contributed by atoms with Gasteiger partial charge in [0.15, 0.2) is 0 Å². The van der Waals surface area contributed by atoms with Gasteiger partial charge in [-0.05, 0) is 6.07 Å². The molecule has 1 aromatic heterocycles. The van der Waals surface area contributed by atoms with Crippen molar-refractivity contribution in [1.82, 2.24) is 10.3 Å². The van der Waals surface area contributed by atoms with E-state index in [0.29, 0.717) is 12.3 Å². The van der Waals surface area contributed by atoms with E-state index in [-0.39, 0.29) is 0 Å². The van der Waals surface area contributed by atoms with Crippen LogP contribution in [-0.4, -0.2) is 29.4 Å². The second-order valence-electron chi connectivity index (χ2n) is 4.61. The SMILES string of the molecule is O=C(Nc1cc(C(F)(F)F)c[nH]c1=O)C1CC(F)(F)CN1. The van der Waals surface area contributed by atoms with Crippen LogP contribution in [0.2, 0.25) is 0 Å². The smallest absolute Gasteiger partial charge is 0.327 e. The summed E-state index contributed by atoms with van der Waals surface area (Å²) in [5, 5.41) is 4.16. The fourth-order valence-corrected chi connectivity index (χ4v) is 1.86. The van der Waals surface area contributed by atoms with E-state index in [1.165, 1.54) is 0 Å². The zero-order valence-electron chi connectivity index (χ0n) is 10.4. The van der Waals surface area contributed by atoms with Crippen molar-refractivity contribution in [3.63, 3.8) is 0 Å². The Labute approximate surface area is 114 Å². The summed E-state index contributed by atoms with van der Waals surface area (Å²) in [5.41, 5.74) is -2.77. The maximum Gasteiger partial charge on any atom is 0.417 e. The van der Waals surface area contributed by atoms with Crippen molar-refractivity contribution in [3.8, 4) is 0 Å². The van der Waals surface area contributed by atoms with E-state index in [0.717, 1.165) is 0 Å². The van der Waals surface area contributed by atoms with Crippen LogP contribution in [-0.2, 0) is 11.0 Å². The Bertz CT molecular complexity index is 611. The molecule has 0 saturated carbocycles. The summed E-state index contributed by atoms with van der Waals surface area (Å²) >= 11 is 0. The van der Waals surface area contributed by atoms with Crippen molar-refractivity contribution in [2.24, 2.45) is 0 Å². The Morgan fingerprint density at radius 3 is 2.57 bits per heavy atom. The van der Waals surface area contributed by atoms with Gasteiger partial charge >= 0.3 is 6.18 Å². The van der Waals surface area contributed by atoms with Gasteiger partial charge in [0.1, 0.15) is 5.69 Å². The van der Waals surface area contributed by atoms with Gasteiger partial charge in [-0.15, -0.1) is 0 Å². The molecule has 0 bridgehead atoms. The number of halogens is 5. The van der Waals surface area contributed by atoms with Crippen LogP contribution >= 0.6 is 0 Å². The summed E-state index contributed by atoms with van der Waals surface area (Å²) in [6.07, 6.45) is -5.03. The number of rotatable bonds is 2. The summed E-state index contributed by atoms with van der Waals surface area (Å²) in [6, 6.07) is -0.821. The Hall–Kier alpha value is -1.97. The molecule has 1 saturated heterocycles. The van der Waals surface area contributed by atoms with Crippen molar-refractivity contribution < 1.29 is 26.7 Å². The first-order chi connectivity index (χ1) is 9.58. The molecule has 0 aliphatic carbocycles. The normalized spacial score (nSPS) is 21.3. The molecule has 21 heavy (non-hydrogen) atoms. The average molecular weight is 311 g/mol. The molecule has 1 atom stereocenters. The molecule has 3 N–H and O–H groups in total. The highest BCUT2D eigenvalue weighted by molar-refractivity contribution is 5.95. The number of anilines is 1. The number of carbonyl (C=O) groups is 1. The summed E-state index contributed by atoms with van der Waals surface area (Å²) in [5.74, 6) is -4.06. The molecular weight excluding hydrogens is 301 g/mol. The number of hydrogen-bond acceptors (Lipinski definition) is 3. The highest BCUT2D eigenvalue weighted by atomic mass is 19.4. The molecular formula is C11H10F5N3O2. The van der Waals surface area contributed by atoms with Gasteiger partial charge in [-0.3, -0.25) is 14.9 Å². The van der Waals surface area contributed by atoms with Crippen molar-refractivity contribution in [2.75, 3.05) is 11.9 Å². The highest BCUT2D eigenvalue weighted by Gasteiger charge is 2.42. The van der Waals surface area contributed by atoms with Gasteiger partial charge in [0, 0.05) is 12.6 Å². The fraction of sp³-hybridized carbons (Fsp3) is 0.455. The van der Waals surface area contributed by atoms with E-state index >= 15 is 0 Å². The largest absolute Gasteiger partial charge is 0.417 e. The molecule has 116 valence electrons.